The van der Waals surface area contributed by atoms with Crippen LogP contribution in [0.25, 0.3) is 0 Å². The summed E-state index contributed by atoms with van der Waals surface area (Å²) in [7, 11) is -3.81. The third-order valence-electron chi connectivity index (χ3n) is 3.83. The summed E-state index contributed by atoms with van der Waals surface area (Å²) < 4.78 is 66.7. The van der Waals surface area contributed by atoms with E-state index in [2.05, 4.69) is 10.0 Å². The predicted molar refractivity (Wildman–Crippen MR) is 79.3 cm³/mol. The number of nitrogens with one attached hydrogen (secondary N) is 2. The zero-order valence-electron chi connectivity index (χ0n) is 12.1. The molecule has 0 saturated carbocycles. The SMILES string of the molecule is Cl.O=S(=O)(NCC(N1CCNCC1)C(F)(F)F)N1CCCC1. The van der Waals surface area contributed by atoms with Crippen LogP contribution in [0.15, 0.2) is 0 Å². The highest BCUT2D eigenvalue weighted by molar-refractivity contribution is 7.87. The van der Waals surface area contributed by atoms with Gasteiger partial charge in [-0.25, -0.2) is 4.72 Å². The van der Waals surface area contributed by atoms with E-state index in [0.29, 0.717) is 26.2 Å². The molecule has 0 spiro atoms. The molecule has 2 aliphatic heterocycles. The molecule has 2 fully saturated rings. The Kier molecular flexibility index (Phi) is 7.34. The van der Waals surface area contributed by atoms with Crippen molar-refractivity contribution in [3.8, 4) is 0 Å². The molecule has 132 valence electrons. The summed E-state index contributed by atoms with van der Waals surface area (Å²) in [6.45, 7) is 1.59. The van der Waals surface area contributed by atoms with E-state index in [-0.39, 0.29) is 25.5 Å². The van der Waals surface area contributed by atoms with Gasteiger partial charge in [-0.1, -0.05) is 0 Å². The van der Waals surface area contributed by atoms with Gasteiger partial charge in [0.15, 0.2) is 0 Å². The maximum absolute atomic E-state index is 13.1. The molecule has 0 aliphatic carbocycles. The van der Waals surface area contributed by atoms with Gasteiger partial charge in [-0.2, -0.15) is 25.9 Å². The van der Waals surface area contributed by atoms with Crippen molar-refractivity contribution in [2.45, 2.75) is 25.1 Å². The Morgan fingerprint density at radius 1 is 1.09 bits per heavy atom. The number of rotatable bonds is 5. The summed E-state index contributed by atoms with van der Waals surface area (Å²) in [5.74, 6) is 0. The second kappa shape index (κ2) is 8.11. The highest BCUT2D eigenvalue weighted by Crippen LogP contribution is 2.25. The van der Waals surface area contributed by atoms with E-state index < -0.39 is 29.0 Å². The van der Waals surface area contributed by atoms with Crippen LogP contribution in [0.1, 0.15) is 12.8 Å². The molecule has 22 heavy (non-hydrogen) atoms. The monoisotopic (exact) mass is 366 g/mol. The molecule has 0 bridgehead atoms. The quantitative estimate of drug-likeness (QED) is 0.728. The molecule has 0 amide bonds. The largest absolute Gasteiger partial charge is 0.405 e. The number of hydrogen-bond donors (Lipinski definition) is 2. The van der Waals surface area contributed by atoms with Crippen LogP contribution in [0.5, 0.6) is 0 Å². The fraction of sp³-hybridized carbons (Fsp3) is 1.00. The molecule has 0 aromatic rings. The van der Waals surface area contributed by atoms with Gasteiger partial charge in [-0.15, -0.1) is 12.4 Å². The molecule has 6 nitrogen and oxygen atoms in total. The van der Waals surface area contributed by atoms with Crippen LogP contribution in [0.4, 0.5) is 13.2 Å². The Bertz CT molecular complexity index is 437. The smallest absolute Gasteiger partial charge is 0.314 e. The lowest BCUT2D eigenvalue weighted by atomic mass is 10.2. The highest BCUT2D eigenvalue weighted by atomic mass is 35.5. The van der Waals surface area contributed by atoms with Gasteiger partial charge >= 0.3 is 6.18 Å². The average molecular weight is 367 g/mol. The van der Waals surface area contributed by atoms with Crippen LogP contribution < -0.4 is 10.0 Å². The Balaban J connectivity index is 0.00000242. The van der Waals surface area contributed by atoms with Crippen molar-refractivity contribution < 1.29 is 21.6 Å². The van der Waals surface area contributed by atoms with Gasteiger partial charge in [0.05, 0.1) is 0 Å². The zero-order valence-corrected chi connectivity index (χ0v) is 13.7. The first kappa shape index (κ1) is 19.9. The fourth-order valence-electron chi connectivity index (χ4n) is 2.65. The summed E-state index contributed by atoms with van der Waals surface area (Å²) in [6.07, 6.45) is -2.95. The topological polar surface area (TPSA) is 64.7 Å². The van der Waals surface area contributed by atoms with Crippen LogP contribution in [-0.4, -0.2) is 75.7 Å². The average Bonchev–Trinajstić information content (AvgIpc) is 2.93. The molecule has 2 N–H and O–H groups in total. The molecule has 1 atom stereocenters. The number of nitrogens with zero attached hydrogens (tertiary/aromatic N) is 2. The first-order valence-electron chi connectivity index (χ1n) is 7.07. The molecule has 0 aromatic carbocycles. The summed E-state index contributed by atoms with van der Waals surface area (Å²) in [4.78, 5) is 1.28. The number of piperazine rings is 1. The molecule has 0 radical (unpaired) electrons. The standard InChI is InChI=1S/C11H21F3N4O2S.ClH/c12-11(13,14)10(17-7-3-15-4-8-17)9-16-21(19,20)18-5-1-2-6-18;/h10,15-16H,1-9H2;1H. The Morgan fingerprint density at radius 3 is 2.14 bits per heavy atom. The summed E-state index contributed by atoms with van der Waals surface area (Å²) >= 11 is 0. The van der Waals surface area contributed by atoms with Crippen molar-refractivity contribution in [3.05, 3.63) is 0 Å². The maximum Gasteiger partial charge on any atom is 0.405 e. The number of alkyl halides is 3. The molecule has 1 unspecified atom stereocenters. The lowest BCUT2D eigenvalue weighted by Crippen LogP contribution is -2.58. The molecule has 11 heteroatoms. The Hall–Kier alpha value is -0.130. The first-order valence-corrected chi connectivity index (χ1v) is 8.51. The summed E-state index contributed by atoms with van der Waals surface area (Å²) in [5, 5.41) is 2.98. The second-order valence-electron chi connectivity index (χ2n) is 5.30. The van der Waals surface area contributed by atoms with E-state index in [9.17, 15) is 21.6 Å². The molecule has 2 heterocycles. The van der Waals surface area contributed by atoms with Gasteiger partial charge in [0, 0.05) is 45.8 Å². The van der Waals surface area contributed by atoms with Gasteiger partial charge in [0.1, 0.15) is 6.04 Å². The van der Waals surface area contributed by atoms with Crippen LogP contribution in [-0.2, 0) is 10.2 Å². The minimum absolute atomic E-state index is 0. The van der Waals surface area contributed by atoms with Crippen molar-refractivity contribution in [1.82, 2.24) is 19.2 Å². The minimum atomic E-state index is -4.45. The maximum atomic E-state index is 13.1. The van der Waals surface area contributed by atoms with E-state index in [1.54, 1.807) is 0 Å². The van der Waals surface area contributed by atoms with E-state index in [4.69, 9.17) is 0 Å². The van der Waals surface area contributed by atoms with Crippen LogP contribution in [0.2, 0.25) is 0 Å². The van der Waals surface area contributed by atoms with Crippen molar-refractivity contribution >= 4 is 22.6 Å². The Morgan fingerprint density at radius 2 is 1.64 bits per heavy atom. The minimum Gasteiger partial charge on any atom is -0.314 e. The molecule has 2 saturated heterocycles. The lowest BCUT2D eigenvalue weighted by Gasteiger charge is -2.36. The van der Waals surface area contributed by atoms with Crippen LogP contribution in [0, 0.1) is 0 Å². The van der Waals surface area contributed by atoms with Crippen molar-refractivity contribution in [3.63, 3.8) is 0 Å². The first-order chi connectivity index (χ1) is 9.81. The Labute approximate surface area is 135 Å². The third kappa shape index (κ3) is 5.20. The van der Waals surface area contributed by atoms with Crippen LogP contribution in [0.3, 0.4) is 0 Å². The highest BCUT2D eigenvalue weighted by Gasteiger charge is 2.44. The number of halogens is 4. The van der Waals surface area contributed by atoms with Crippen molar-refractivity contribution in [2.75, 3.05) is 45.8 Å². The third-order valence-corrected chi connectivity index (χ3v) is 5.41. The molecule has 2 aliphatic rings. The van der Waals surface area contributed by atoms with E-state index in [1.807, 2.05) is 0 Å². The van der Waals surface area contributed by atoms with E-state index in [0.717, 1.165) is 12.8 Å². The van der Waals surface area contributed by atoms with Gasteiger partial charge in [-0.3, -0.25) is 4.90 Å². The normalized spacial score (nSPS) is 23.2. The fourth-order valence-corrected chi connectivity index (χ4v) is 3.94. The lowest BCUT2D eigenvalue weighted by molar-refractivity contribution is -0.182. The second-order valence-corrected chi connectivity index (χ2v) is 7.06. The van der Waals surface area contributed by atoms with Crippen molar-refractivity contribution in [2.24, 2.45) is 0 Å². The summed E-state index contributed by atoms with van der Waals surface area (Å²) in [5.41, 5.74) is 0. The van der Waals surface area contributed by atoms with E-state index in [1.165, 1.54) is 9.21 Å². The molecule has 2 rings (SSSR count). The molecular formula is C11H22ClF3N4O2S. The number of hydrogen-bond acceptors (Lipinski definition) is 4. The summed E-state index contributed by atoms with van der Waals surface area (Å²) in [6, 6.07) is -1.78. The van der Waals surface area contributed by atoms with Gasteiger partial charge < -0.3 is 5.32 Å². The van der Waals surface area contributed by atoms with Crippen LogP contribution >= 0.6 is 12.4 Å². The van der Waals surface area contributed by atoms with Crippen molar-refractivity contribution in [1.29, 1.82) is 0 Å². The van der Waals surface area contributed by atoms with Gasteiger partial charge in [-0.05, 0) is 12.8 Å². The van der Waals surface area contributed by atoms with Gasteiger partial charge in [0.2, 0.25) is 0 Å². The zero-order chi connectivity index (χ0) is 15.5. The van der Waals surface area contributed by atoms with E-state index >= 15 is 0 Å². The van der Waals surface area contributed by atoms with Gasteiger partial charge in [0.25, 0.3) is 10.2 Å². The molecular weight excluding hydrogens is 345 g/mol. The predicted octanol–water partition coefficient (Wildman–Crippen LogP) is 0.174. The molecule has 0 aromatic heterocycles.